The number of aromatic nitrogens is 2. The van der Waals surface area contributed by atoms with E-state index in [1.165, 1.54) is 11.6 Å². The summed E-state index contributed by atoms with van der Waals surface area (Å²) in [7, 11) is 3.07. The molecule has 1 aromatic heterocycles. The molecule has 3 aromatic rings. The van der Waals surface area contributed by atoms with Gasteiger partial charge in [0, 0.05) is 35.9 Å². The first kappa shape index (κ1) is 22.7. The van der Waals surface area contributed by atoms with Crippen LogP contribution in [0.4, 0.5) is 11.5 Å². The van der Waals surface area contributed by atoms with Crippen LogP contribution in [0.1, 0.15) is 29.5 Å². The Bertz CT molecular complexity index is 1400. The molecule has 33 heavy (non-hydrogen) atoms. The Morgan fingerprint density at radius 2 is 1.67 bits per heavy atom. The minimum absolute atomic E-state index is 0.296. The fourth-order valence-corrected chi connectivity index (χ4v) is 4.63. The molecule has 170 valence electrons. The predicted octanol–water partition coefficient (Wildman–Crippen LogP) is 3.58. The summed E-state index contributed by atoms with van der Waals surface area (Å²) in [6.07, 6.45) is 1.99. The molecule has 7 nitrogen and oxygen atoms in total. The van der Waals surface area contributed by atoms with Gasteiger partial charge in [0.05, 0.1) is 11.5 Å². The van der Waals surface area contributed by atoms with E-state index < -0.39 is 17.2 Å². The van der Waals surface area contributed by atoms with E-state index in [1.807, 2.05) is 61.7 Å². The third-order valence-corrected chi connectivity index (χ3v) is 6.82. The van der Waals surface area contributed by atoms with Crippen LogP contribution in [-0.4, -0.2) is 21.3 Å². The minimum atomic E-state index is -0.633. The second-order valence-corrected chi connectivity index (χ2v) is 8.99. The van der Waals surface area contributed by atoms with Crippen LogP contribution in [0.25, 0.3) is 0 Å². The van der Waals surface area contributed by atoms with Gasteiger partial charge in [0.2, 0.25) is 0 Å². The van der Waals surface area contributed by atoms with Crippen LogP contribution in [0.2, 0.25) is 0 Å². The molecule has 1 amide bonds. The highest BCUT2D eigenvalue weighted by molar-refractivity contribution is 7.98. The lowest BCUT2D eigenvalue weighted by atomic mass is 9.81. The molecule has 0 saturated carbocycles. The second-order valence-electron chi connectivity index (χ2n) is 8.11. The molecule has 0 radical (unpaired) electrons. The van der Waals surface area contributed by atoms with Crippen molar-refractivity contribution in [2.24, 2.45) is 14.1 Å². The number of carbonyl (C=O) groups is 1. The van der Waals surface area contributed by atoms with Crippen molar-refractivity contribution >= 4 is 29.2 Å². The minimum Gasteiger partial charge on any atom is -0.344 e. The Labute approximate surface area is 196 Å². The van der Waals surface area contributed by atoms with E-state index in [0.29, 0.717) is 28.3 Å². The maximum Gasteiger partial charge on any atom is 0.332 e. The smallest absolute Gasteiger partial charge is 0.332 e. The number of thioether (sulfide) groups is 1. The van der Waals surface area contributed by atoms with Gasteiger partial charge in [-0.05, 0) is 49.4 Å². The van der Waals surface area contributed by atoms with Crippen molar-refractivity contribution in [3.8, 4) is 0 Å². The zero-order valence-corrected chi connectivity index (χ0v) is 20.0. The molecule has 1 aliphatic rings. The largest absolute Gasteiger partial charge is 0.344 e. The van der Waals surface area contributed by atoms with E-state index in [2.05, 4.69) is 10.6 Å². The highest BCUT2D eigenvalue weighted by Gasteiger charge is 2.36. The number of anilines is 2. The molecule has 2 aromatic carbocycles. The molecule has 0 fully saturated rings. The molecule has 0 saturated heterocycles. The molecule has 4 rings (SSSR count). The Morgan fingerprint density at radius 3 is 2.30 bits per heavy atom. The topological polar surface area (TPSA) is 85.1 Å². The first-order valence-electron chi connectivity index (χ1n) is 10.5. The van der Waals surface area contributed by atoms with Gasteiger partial charge in [-0.2, -0.15) is 0 Å². The van der Waals surface area contributed by atoms with E-state index in [-0.39, 0.29) is 5.91 Å². The van der Waals surface area contributed by atoms with Crippen molar-refractivity contribution in [3.63, 3.8) is 0 Å². The maximum atomic E-state index is 13.6. The molecule has 2 heterocycles. The first-order valence-corrected chi connectivity index (χ1v) is 11.8. The maximum absolute atomic E-state index is 13.6. The molecule has 0 bridgehead atoms. The molecule has 1 unspecified atom stereocenters. The molecule has 1 atom stereocenters. The highest BCUT2D eigenvalue weighted by atomic mass is 32.2. The van der Waals surface area contributed by atoms with Crippen LogP contribution in [0.3, 0.4) is 0 Å². The molecule has 1 aliphatic heterocycles. The standard InChI is InChI=1S/C25H26N4O3S/c1-14-8-6-7-9-18(14)27-23(30)19-15(2)26-22-21(24(31)29(4)25(32)28(22)3)20(19)16-10-12-17(33-5)13-11-16/h6-13,20,26H,1-5H3,(H,27,30). The third kappa shape index (κ3) is 3.91. The quantitative estimate of drug-likeness (QED) is 0.579. The Hall–Kier alpha value is -3.52. The van der Waals surface area contributed by atoms with Crippen LogP contribution < -0.4 is 21.9 Å². The number of benzene rings is 2. The fourth-order valence-electron chi connectivity index (χ4n) is 4.22. The van der Waals surface area contributed by atoms with Crippen molar-refractivity contribution in [1.29, 1.82) is 0 Å². The van der Waals surface area contributed by atoms with E-state index in [1.54, 1.807) is 25.7 Å². The SMILES string of the molecule is CSc1ccc(C2C(C(=O)Nc3ccccc3C)=C(C)Nc3c2c(=O)n(C)c(=O)n3C)cc1. The van der Waals surface area contributed by atoms with E-state index >= 15 is 0 Å². The van der Waals surface area contributed by atoms with E-state index in [0.717, 1.165) is 20.6 Å². The number of allylic oxidation sites excluding steroid dienone is 1. The van der Waals surface area contributed by atoms with Crippen LogP contribution in [0, 0.1) is 6.92 Å². The van der Waals surface area contributed by atoms with E-state index in [4.69, 9.17) is 0 Å². The zero-order chi connectivity index (χ0) is 23.9. The number of amides is 1. The average molecular weight is 463 g/mol. The number of carbonyl (C=O) groups excluding carboxylic acids is 1. The normalized spacial score (nSPS) is 15.1. The molecular formula is C25H26N4O3S. The predicted molar refractivity (Wildman–Crippen MR) is 133 cm³/mol. The first-order chi connectivity index (χ1) is 15.7. The lowest BCUT2D eigenvalue weighted by molar-refractivity contribution is -0.113. The lowest BCUT2D eigenvalue weighted by Crippen LogP contribution is -2.43. The molecule has 0 aliphatic carbocycles. The van der Waals surface area contributed by atoms with Crippen molar-refractivity contribution in [3.05, 3.63) is 97.3 Å². The fraction of sp³-hybridized carbons (Fsp3) is 0.240. The van der Waals surface area contributed by atoms with Crippen molar-refractivity contribution in [2.75, 3.05) is 16.9 Å². The van der Waals surface area contributed by atoms with Crippen molar-refractivity contribution in [2.45, 2.75) is 24.7 Å². The summed E-state index contributed by atoms with van der Waals surface area (Å²) in [5, 5.41) is 6.16. The summed E-state index contributed by atoms with van der Waals surface area (Å²) in [5.74, 6) is -0.520. The van der Waals surface area contributed by atoms with Crippen molar-refractivity contribution in [1.82, 2.24) is 9.13 Å². The Kier molecular flexibility index (Phi) is 6.03. The number of hydrogen-bond acceptors (Lipinski definition) is 5. The molecule has 2 N–H and O–H groups in total. The van der Waals surface area contributed by atoms with Gasteiger partial charge < -0.3 is 10.6 Å². The summed E-state index contributed by atoms with van der Waals surface area (Å²) in [4.78, 5) is 40.6. The van der Waals surface area contributed by atoms with Gasteiger partial charge in [0.1, 0.15) is 5.82 Å². The molecule has 8 heteroatoms. The van der Waals surface area contributed by atoms with Crippen molar-refractivity contribution < 1.29 is 4.79 Å². The lowest BCUT2D eigenvalue weighted by Gasteiger charge is -2.31. The molecular weight excluding hydrogens is 436 g/mol. The van der Waals surface area contributed by atoms with Gasteiger partial charge >= 0.3 is 5.69 Å². The average Bonchev–Trinajstić information content (AvgIpc) is 2.82. The number of nitrogens with one attached hydrogen (secondary N) is 2. The van der Waals surface area contributed by atoms with Crippen LogP contribution in [0.15, 0.2) is 74.3 Å². The number of hydrogen-bond donors (Lipinski definition) is 2. The summed E-state index contributed by atoms with van der Waals surface area (Å²) < 4.78 is 2.50. The van der Waals surface area contributed by atoms with Gasteiger partial charge in [-0.3, -0.25) is 18.7 Å². The Morgan fingerprint density at radius 1 is 1.00 bits per heavy atom. The number of fused-ring (bicyclic) bond motifs is 1. The summed E-state index contributed by atoms with van der Waals surface area (Å²) in [6, 6.07) is 15.4. The van der Waals surface area contributed by atoms with Gasteiger partial charge in [-0.15, -0.1) is 11.8 Å². The van der Waals surface area contributed by atoms with Gasteiger partial charge in [0.15, 0.2) is 0 Å². The number of nitrogens with zero attached hydrogens (tertiary/aromatic N) is 2. The van der Waals surface area contributed by atoms with Crippen LogP contribution in [0.5, 0.6) is 0 Å². The monoisotopic (exact) mass is 462 g/mol. The Balaban J connectivity index is 1.94. The molecule has 0 spiro atoms. The number of para-hydroxylation sites is 1. The second kappa shape index (κ2) is 8.78. The summed E-state index contributed by atoms with van der Waals surface area (Å²) in [5.41, 5.74) is 3.01. The van der Waals surface area contributed by atoms with Gasteiger partial charge in [-0.25, -0.2) is 4.79 Å². The van der Waals surface area contributed by atoms with Gasteiger partial charge in [0.25, 0.3) is 11.5 Å². The van der Waals surface area contributed by atoms with Crippen LogP contribution in [-0.2, 0) is 18.9 Å². The summed E-state index contributed by atoms with van der Waals surface area (Å²) in [6.45, 7) is 3.72. The highest BCUT2D eigenvalue weighted by Crippen LogP contribution is 2.40. The van der Waals surface area contributed by atoms with E-state index in [9.17, 15) is 14.4 Å². The third-order valence-electron chi connectivity index (χ3n) is 6.07. The van der Waals surface area contributed by atoms with Gasteiger partial charge in [-0.1, -0.05) is 30.3 Å². The number of rotatable bonds is 4. The zero-order valence-electron chi connectivity index (χ0n) is 19.2. The number of aryl methyl sites for hydroxylation is 1. The van der Waals surface area contributed by atoms with Crippen LogP contribution >= 0.6 is 11.8 Å². The summed E-state index contributed by atoms with van der Waals surface area (Å²) >= 11 is 1.62.